The van der Waals surface area contributed by atoms with Crippen molar-refractivity contribution in [3.8, 4) is 0 Å². The highest BCUT2D eigenvalue weighted by Crippen LogP contribution is 2.20. The number of amides is 2. The topological polar surface area (TPSA) is 44.4 Å². The summed E-state index contributed by atoms with van der Waals surface area (Å²) in [5.41, 5.74) is 0.0475. The Hall–Kier alpha value is -0.770. The van der Waals surface area contributed by atoms with Gasteiger partial charge >= 0.3 is 6.03 Å². The second-order valence-electron chi connectivity index (χ2n) is 3.49. The van der Waals surface area contributed by atoms with Gasteiger partial charge in [-0.1, -0.05) is 0 Å². The third kappa shape index (κ3) is 0.976. The van der Waals surface area contributed by atoms with Gasteiger partial charge in [0.15, 0.2) is 0 Å². The standard InChI is InChI=1S/C7H13N3O/c1-10-5-7(9-6(10)11)2-3-8-4-7/h8H,2-5H2,1H3,(H,9,11). The predicted molar refractivity (Wildman–Crippen MR) is 41.4 cm³/mol. The molecule has 0 aromatic rings. The van der Waals surface area contributed by atoms with Crippen LogP contribution in [0.15, 0.2) is 0 Å². The molecule has 0 aliphatic carbocycles. The van der Waals surface area contributed by atoms with Crippen LogP contribution >= 0.6 is 0 Å². The van der Waals surface area contributed by atoms with E-state index in [-0.39, 0.29) is 11.6 Å². The first-order valence-corrected chi connectivity index (χ1v) is 3.96. The Bertz CT molecular complexity index is 186. The molecular formula is C7H13N3O. The molecular weight excluding hydrogens is 142 g/mol. The zero-order valence-electron chi connectivity index (χ0n) is 6.68. The molecule has 0 aromatic carbocycles. The smallest absolute Gasteiger partial charge is 0.317 e. The zero-order chi connectivity index (χ0) is 7.90. The maximum atomic E-state index is 11.1. The van der Waals surface area contributed by atoms with E-state index in [1.165, 1.54) is 0 Å². The molecule has 2 fully saturated rings. The fraction of sp³-hybridized carbons (Fsp3) is 0.857. The van der Waals surface area contributed by atoms with Crippen LogP contribution in [0, 0.1) is 0 Å². The number of carbonyl (C=O) groups is 1. The first-order valence-electron chi connectivity index (χ1n) is 3.96. The van der Waals surface area contributed by atoms with Gasteiger partial charge in [-0.25, -0.2) is 4.79 Å². The fourth-order valence-electron chi connectivity index (χ4n) is 1.87. The largest absolute Gasteiger partial charge is 0.329 e. The number of hydrogen-bond acceptors (Lipinski definition) is 2. The van der Waals surface area contributed by atoms with Crippen molar-refractivity contribution in [1.29, 1.82) is 0 Å². The van der Waals surface area contributed by atoms with Crippen LogP contribution in [0.25, 0.3) is 0 Å². The molecule has 62 valence electrons. The van der Waals surface area contributed by atoms with Gasteiger partial charge < -0.3 is 15.5 Å². The second-order valence-corrected chi connectivity index (χ2v) is 3.49. The van der Waals surface area contributed by atoms with Gasteiger partial charge in [0.1, 0.15) is 0 Å². The molecule has 2 aliphatic heterocycles. The molecule has 1 atom stereocenters. The Morgan fingerprint density at radius 1 is 1.64 bits per heavy atom. The SMILES string of the molecule is CN1CC2(CCNC2)NC1=O. The molecule has 0 saturated carbocycles. The van der Waals surface area contributed by atoms with E-state index in [0.29, 0.717) is 0 Å². The van der Waals surface area contributed by atoms with E-state index >= 15 is 0 Å². The summed E-state index contributed by atoms with van der Waals surface area (Å²) in [6.07, 6.45) is 1.06. The van der Waals surface area contributed by atoms with Gasteiger partial charge in [-0.05, 0) is 13.0 Å². The first kappa shape index (κ1) is 6.91. The Morgan fingerprint density at radius 3 is 2.91 bits per heavy atom. The Kier molecular flexibility index (Phi) is 1.32. The van der Waals surface area contributed by atoms with Crippen LogP contribution in [-0.4, -0.2) is 43.2 Å². The molecule has 1 unspecified atom stereocenters. The maximum Gasteiger partial charge on any atom is 0.317 e. The van der Waals surface area contributed by atoms with E-state index in [2.05, 4.69) is 10.6 Å². The quantitative estimate of drug-likeness (QED) is 0.489. The van der Waals surface area contributed by atoms with Crippen LogP contribution in [-0.2, 0) is 0 Å². The number of nitrogens with one attached hydrogen (secondary N) is 2. The molecule has 0 radical (unpaired) electrons. The number of nitrogens with zero attached hydrogens (tertiary/aromatic N) is 1. The summed E-state index contributed by atoms with van der Waals surface area (Å²) in [6.45, 7) is 2.79. The van der Waals surface area contributed by atoms with Gasteiger partial charge in [0, 0.05) is 20.1 Å². The van der Waals surface area contributed by atoms with E-state index in [9.17, 15) is 4.79 Å². The second kappa shape index (κ2) is 2.11. The van der Waals surface area contributed by atoms with Crippen molar-refractivity contribution >= 4 is 6.03 Å². The summed E-state index contributed by atoms with van der Waals surface area (Å²) in [5.74, 6) is 0. The van der Waals surface area contributed by atoms with E-state index < -0.39 is 0 Å². The third-order valence-electron chi connectivity index (χ3n) is 2.50. The highest BCUT2D eigenvalue weighted by Gasteiger charge is 2.42. The summed E-state index contributed by atoms with van der Waals surface area (Å²) in [6, 6.07) is 0.0636. The van der Waals surface area contributed by atoms with Gasteiger partial charge in [0.25, 0.3) is 0 Å². The van der Waals surface area contributed by atoms with E-state index in [1.54, 1.807) is 4.90 Å². The molecule has 2 saturated heterocycles. The summed E-state index contributed by atoms with van der Waals surface area (Å²) in [4.78, 5) is 12.9. The van der Waals surface area contributed by atoms with Crippen molar-refractivity contribution in [2.75, 3.05) is 26.7 Å². The molecule has 2 heterocycles. The van der Waals surface area contributed by atoms with Gasteiger partial charge in [-0.2, -0.15) is 0 Å². The molecule has 11 heavy (non-hydrogen) atoms. The number of rotatable bonds is 0. The van der Waals surface area contributed by atoms with Gasteiger partial charge in [0.05, 0.1) is 5.54 Å². The lowest BCUT2D eigenvalue weighted by atomic mass is 10.0. The van der Waals surface area contributed by atoms with Crippen molar-refractivity contribution in [1.82, 2.24) is 15.5 Å². The molecule has 2 N–H and O–H groups in total. The lowest BCUT2D eigenvalue weighted by Crippen LogP contribution is -2.45. The van der Waals surface area contributed by atoms with Crippen molar-refractivity contribution < 1.29 is 4.79 Å². The van der Waals surface area contributed by atoms with Crippen LogP contribution < -0.4 is 10.6 Å². The lowest BCUT2D eigenvalue weighted by Gasteiger charge is -2.19. The minimum atomic E-state index is 0.0475. The monoisotopic (exact) mass is 155 g/mol. The average molecular weight is 155 g/mol. The number of likely N-dealkylation sites (N-methyl/N-ethyl adjacent to an activating group) is 1. The molecule has 0 aromatic heterocycles. The molecule has 0 bridgehead atoms. The number of carbonyl (C=O) groups excluding carboxylic acids is 1. The summed E-state index contributed by atoms with van der Waals surface area (Å²) < 4.78 is 0. The summed E-state index contributed by atoms with van der Waals surface area (Å²) in [5, 5.41) is 6.26. The summed E-state index contributed by atoms with van der Waals surface area (Å²) in [7, 11) is 1.84. The normalized spacial score (nSPS) is 36.8. The van der Waals surface area contributed by atoms with E-state index in [4.69, 9.17) is 0 Å². The van der Waals surface area contributed by atoms with Crippen LogP contribution in [0.2, 0.25) is 0 Å². The molecule has 2 amide bonds. The third-order valence-corrected chi connectivity index (χ3v) is 2.50. The highest BCUT2D eigenvalue weighted by atomic mass is 16.2. The Balaban J connectivity index is 2.12. The van der Waals surface area contributed by atoms with Crippen molar-refractivity contribution in [3.05, 3.63) is 0 Å². The molecule has 2 rings (SSSR count). The average Bonchev–Trinajstić information content (AvgIpc) is 2.46. The lowest BCUT2D eigenvalue weighted by molar-refractivity contribution is 0.226. The number of hydrogen-bond donors (Lipinski definition) is 2. The van der Waals surface area contributed by atoms with Crippen molar-refractivity contribution in [3.63, 3.8) is 0 Å². The van der Waals surface area contributed by atoms with Crippen molar-refractivity contribution in [2.45, 2.75) is 12.0 Å². The van der Waals surface area contributed by atoms with Crippen LogP contribution in [0.1, 0.15) is 6.42 Å². The highest BCUT2D eigenvalue weighted by molar-refractivity contribution is 5.77. The molecule has 4 nitrogen and oxygen atoms in total. The van der Waals surface area contributed by atoms with Crippen LogP contribution in [0.5, 0.6) is 0 Å². The number of urea groups is 1. The Labute approximate surface area is 65.9 Å². The van der Waals surface area contributed by atoms with Crippen molar-refractivity contribution in [2.24, 2.45) is 0 Å². The minimum Gasteiger partial charge on any atom is -0.329 e. The minimum absolute atomic E-state index is 0.0475. The van der Waals surface area contributed by atoms with E-state index in [0.717, 1.165) is 26.1 Å². The van der Waals surface area contributed by atoms with Gasteiger partial charge in [0.2, 0.25) is 0 Å². The van der Waals surface area contributed by atoms with E-state index in [1.807, 2.05) is 7.05 Å². The fourth-order valence-corrected chi connectivity index (χ4v) is 1.87. The predicted octanol–water partition coefficient (Wildman–Crippen LogP) is -0.627. The Morgan fingerprint density at radius 2 is 2.45 bits per heavy atom. The molecule has 1 spiro atoms. The van der Waals surface area contributed by atoms with Crippen LogP contribution in [0.4, 0.5) is 4.79 Å². The first-order chi connectivity index (χ1) is 5.22. The molecule has 2 aliphatic rings. The maximum absolute atomic E-state index is 11.1. The van der Waals surface area contributed by atoms with Crippen LogP contribution in [0.3, 0.4) is 0 Å². The summed E-state index contributed by atoms with van der Waals surface area (Å²) >= 11 is 0. The van der Waals surface area contributed by atoms with Gasteiger partial charge in [-0.3, -0.25) is 0 Å². The molecule has 4 heteroatoms. The zero-order valence-corrected chi connectivity index (χ0v) is 6.68. The van der Waals surface area contributed by atoms with Gasteiger partial charge in [-0.15, -0.1) is 0 Å².